The van der Waals surface area contributed by atoms with E-state index >= 15 is 0 Å². The first kappa shape index (κ1) is 19.0. The van der Waals surface area contributed by atoms with Crippen molar-refractivity contribution in [3.05, 3.63) is 42.9 Å². The van der Waals surface area contributed by atoms with Crippen LogP contribution < -0.4 is 14.8 Å². The lowest BCUT2D eigenvalue weighted by molar-refractivity contribution is 0.171. The molecular weight excluding hydrogens is 370 g/mol. The van der Waals surface area contributed by atoms with Crippen LogP contribution in [0.15, 0.2) is 42.9 Å². The van der Waals surface area contributed by atoms with E-state index in [9.17, 15) is 4.79 Å². The molecule has 1 N–H and O–H groups in total. The number of pyridine rings is 1. The van der Waals surface area contributed by atoms with Gasteiger partial charge in [0.05, 0.1) is 20.5 Å². The molecular formula is C21H25N5O3. The zero-order valence-corrected chi connectivity index (χ0v) is 16.7. The summed E-state index contributed by atoms with van der Waals surface area (Å²) in [6, 6.07) is 9.11. The monoisotopic (exact) mass is 395 g/mol. The number of benzene rings is 1. The first-order valence-electron chi connectivity index (χ1n) is 9.71. The van der Waals surface area contributed by atoms with E-state index in [4.69, 9.17) is 9.47 Å². The topological polar surface area (TPSA) is 81.5 Å². The van der Waals surface area contributed by atoms with E-state index in [0.717, 1.165) is 37.1 Å². The number of hydrogen-bond donors (Lipinski definition) is 1. The van der Waals surface area contributed by atoms with Gasteiger partial charge in [0.2, 0.25) is 0 Å². The van der Waals surface area contributed by atoms with Gasteiger partial charge >= 0.3 is 6.03 Å². The molecule has 1 aliphatic rings. The lowest BCUT2D eigenvalue weighted by atomic mass is 9.98. The normalized spacial score (nSPS) is 16.6. The Kier molecular flexibility index (Phi) is 5.50. The van der Waals surface area contributed by atoms with Crippen molar-refractivity contribution in [2.24, 2.45) is 5.92 Å². The van der Waals surface area contributed by atoms with Gasteiger partial charge in [-0.1, -0.05) is 0 Å². The first-order chi connectivity index (χ1) is 14.2. The van der Waals surface area contributed by atoms with E-state index < -0.39 is 0 Å². The molecule has 1 unspecified atom stereocenters. The summed E-state index contributed by atoms with van der Waals surface area (Å²) >= 11 is 0. The molecule has 0 radical (unpaired) electrons. The Hall–Kier alpha value is -3.29. The number of carbonyl (C=O) groups is 1. The molecule has 2 amide bonds. The Morgan fingerprint density at radius 3 is 2.90 bits per heavy atom. The molecule has 0 spiro atoms. The number of ether oxygens (including phenoxy) is 2. The third kappa shape index (κ3) is 4.11. The quantitative estimate of drug-likeness (QED) is 0.716. The summed E-state index contributed by atoms with van der Waals surface area (Å²) in [5.74, 6) is 1.57. The number of imidazole rings is 1. The summed E-state index contributed by atoms with van der Waals surface area (Å²) < 4.78 is 12.6. The molecule has 3 heterocycles. The highest BCUT2D eigenvalue weighted by molar-refractivity contribution is 5.89. The second-order valence-corrected chi connectivity index (χ2v) is 7.20. The summed E-state index contributed by atoms with van der Waals surface area (Å²) in [5.41, 5.74) is 2.46. The van der Waals surface area contributed by atoms with Gasteiger partial charge in [-0.2, -0.15) is 0 Å². The van der Waals surface area contributed by atoms with Crippen LogP contribution in [-0.4, -0.2) is 52.8 Å². The maximum absolute atomic E-state index is 12.8. The maximum Gasteiger partial charge on any atom is 0.321 e. The predicted octanol–water partition coefficient (Wildman–Crippen LogP) is 3.39. The van der Waals surface area contributed by atoms with Crippen LogP contribution in [0.3, 0.4) is 0 Å². The fraction of sp³-hybridized carbons (Fsp3) is 0.381. The standard InChI is InChI=1S/C21H25N5O3/c1-28-18-8-7-16(11-19(18)29-2)24-21(27)25-10-4-5-15(12-25)13-26-14-23-17-6-3-9-22-20(17)26/h3,6-9,11,14-15H,4-5,10,12-13H2,1-2H3,(H,24,27). The number of anilines is 1. The van der Waals surface area contributed by atoms with Crippen LogP contribution in [0.1, 0.15) is 12.8 Å². The minimum Gasteiger partial charge on any atom is -0.493 e. The molecule has 1 saturated heterocycles. The van der Waals surface area contributed by atoms with E-state index in [-0.39, 0.29) is 6.03 Å². The molecule has 0 aliphatic carbocycles. The van der Waals surface area contributed by atoms with Gasteiger partial charge in [-0.3, -0.25) is 0 Å². The summed E-state index contributed by atoms with van der Waals surface area (Å²) in [6.07, 6.45) is 5.67. The highest BCUT2D eigenvalue weighted by Gasteiger charge is 2.24. The van der Waals surface area contributed by atoms with Crippen molar-refractivity contribution < 1.29 is 14.3 Å². The number of rotatable bonds is 5. The zero-order valence-electron chi connectivity index (χ0n) is 16.7. The molecule has 1 aliphatic heterocycles. The molecule has 1 aromatic carbocycles. The van der Waals surface area contributed by atoms with E-state index in [1.807, 2.05) is 29.4 Å². The second kappa shape index (κ2) is 8.38. The molecule has 1 atom stereocenters. The number of hydrogen-bond acceptors (Lipinski definition) is 5. The highest BCUT2D eigenvalue weighted by atomic mass is 16.5. The van der Waals surface area contributed by atoms with Gasteiger partial charge in [0.15, 0.2) is 17.1 Å². The number of carbonyl (C=O) groups excluding carboxylic acids is 1. The van der Waals surface area contributed by atoms with Crippen molar-refractivity contribution in [3.8, 4) is 11.5 Å². The van der Waals surface area contributed by atoms with E-state index in [0.29, 0.717) is 29.6 Å². The van der Waals surface area contributed by atoms with Crippen LogP contribution in [0.5, 0.6) is 11.5 Å². The van der Waals surface area contributed by atoms with Crippen molar-refractivity contribution in [1.29, 1.82) is 0 Å². The first-order valence-corrected chi connectivity index (χ1v) is 9.71. The smallest absolute Gasteiger partial charge is 0.321 e. The van der Waals surface area contributed by atoms with Crippen molar-refractivity contribution in [1.82, 2.24) is 19.4 Å². The SMILES string of the molecule is COc1ccc(NC(=O)N2CCCC(Cn3cnc4cccnc43)C2)cc1OC. The Morgan fingerprint density at radius 2 is 2.07 bits per heavy atom. The van der Waals surface area contributed by atoms with Gasteiger partial charge in [-0.25, -0.2) is 14.8 Å². The molecule has 4 rings (SSSR count). The van der Waals surface area contributed by atoms with E-state index in [1.165, 1.54) is 0 Å². The third-order valence-corrected chi connectivity index (χ3v) is 5.27. The average Bonchev–Trinajstić information content (AvgIpc) is 3.16. The highest BCUT2D eigenvalue weighted by Crippen LogP contribution is 2.30. The Morgan fingerprint density at radius 1 is 1.21 bits per heavy atom. The number of urea groups is 1. The number of likely N-dealkylation sites (tertiary alicyclic amines) is 1. The fourth-order valence-corrected chi connectivity index (χ4v) is 3.82. The van der Waals surface area contributed by atoms with Gasteiger partial charge < -0.3 is 24.3 Å². The van der Waals surface area contributed by atoms with Crippen molar-refractivity contribution in [2.75, 3.05) is 32.6 Å². The molecule has 2 aromatic heterocycles. The zero-order chi connectivity index (χ0) is 20.2. The summed E-state index contributed by atoms with van der Waals surface area (Å²) in [5, 5.41) is 2.97. The van der Waals surface area contributed by atoms with Crippen LogP contribution in [0.2, 0.25) is 0 Å². The lowest BCUT2D eigenvalue weighted by Gasteiger charge is -2.33. The minimum atomic E-state index is -0.101. The third-order valence-electron chi connectivity index (χ3n) is 5.27. The molecule has 29 heavy (non-hydrogen) atoms. The molecule has 8 nitrogen and oxygen atoms in total. The van der Waals surface area contributed by atoms with E-state index in [1.54, 1.807) is 32.5 Å². The van der Waals surface area contributed by atoms with Crippen molar-refractivity contribution in [2.45, 2.75) is 19.4 Å². The number of piperidine rings is 1. The number of aromatic nitrogens is 3. The molecule has 1 fully saturated rings. The summed E-state index contributed by atoms with van der Waals surface area (Å²) in [6.45, 7) is 2.25. The second-order valence-electron chi connectivity index (χ2n) is 7.20. The Balaban J connectivity index is 1.41. The maximum atomic E-state index is 12.8. The van der Waals surface area contributed by atoms with Crippen LogP contribution in [0.25, 0.3) is 11.2 Å². The number of methoxy groups -OCH3 is 2. The largest absolute Gasteiger partial charge is 0.493 e. The number of amides is 2. The van der Waals surface area contributed by atoms with Gasteiger partial charge in [-0.05, 0) is 43.0 Å². The van der Waals surface area contributed by atoms with Crippen LogP contribution in [0.4, 0.5) is 10.5 Å². The van der Waals surface area contributed by atoms with Crippen LogP contribution in [0, 0.1) is 5.92 Å². The molecule has 3 aromatic rings. The summed E-state index contributed by atoms with van der Waals surface area (Å²) in [4.78, 5) is 23.5. The lowest BCUT2D eigenvalue weighted by Crippen LogP contribution is -2.43. The van der Waals surface area contributed by atoms with E-state index in [2.05, 4.69) is 19.9 Å². The van der Waals surface area contributed by atoms with Gasteiger partial charge in [-0.15, -0.1) is 0 Å². The van der Waals surface area contributed by atoms with Crippen molar-refractivity contribution >= 4 is 22.9 Å². The average molecular weight is 395 g/mol. The Bertz CT molecular complexity index is 1000. The number of nitrogens with one attached hydrogen (secondary N) is 1. The number of nitrogens with zero attached hydrogens (tertiary/aromatic N) is 4. The van der Waals surface area contributed by atoms with Crippen LogP contribution >= 0.6 is 0 Å². The van der Waals surface area contributed by atoms with Gasteiger partial charge in [0.1, 0.15) is 5.52 Å². The fourth-order valence-electron chi connectivity index (χ4n) is 3.82. The van der Waals surface area contributed by atoms with Crippen LogP contribution in [-0.2, 0) is 6.54 Å². The Labute approximate surface area is 169 Å². The predicted molar refractivity (Wildman–Crippen MR) is 110 cm³/mol. The van der Waals surface area contributed by atoms with Gasteiger partial charge in [0, 0.05) is 37.6 Å². The molecule has 8 heteroatoms. The summed E-state index contributed by atoms with van der Waals surface area (Å²) in [7, 11) is 3.16. The minimum absolute atomic E-state index is 0.101. The molecule has 0 bridgehead atoms. The number of fused-ring (bicyclic) bond motifs is 1. The molecule has 152 valence electrons. The van der Waals surface area contributed by atoms with Crippen molar-refractivity contribution in [3.63, 3.8) is 0 Å². The molecule has 0 saturated carbocycles. The van der Waals surface area contributed by atoms with Gasteiger partial charge in [0.25, 0.3) is 0 Å².